The van der Waals surface area contributed by atoms with Crippen LogP contribution in [0.2, 0.25) is 0 Å². The van der Waals surface area contributed by atoms with Crippen LogP contribution in [0.3, 0.4) is 0 Å². The van der Waals surface area contributed by atoms with Gasteiger partial charge in [-0.3, -0.25) is 10.1 Å². The van der Waals surface area contributed by atoms with Crippen LogP contribution in [0.5, 0.6) is 5.75 Å². The Morgan fingerprint density at radius 2 is 1.79 bits per heavy atom. The lowest BCUT2D eigenvalue weighted by Gasteiger charge is -2.23. The maximum atomic E-state index is 13.0. The van der Waals surface area contributed by atoms with Crippen molar-refractivity contribution in [2.24, 2.45) is 5.92 Å². The van der Waals surface area contributed by atoms with E-state index in [1.54, 1.807) is 18.2 Å². The predicted octanol–water partition coefficient (Wildman–Crippen LogP) is 5.54. The fourth-order valence-corrected chi connectivity index (χ4v) is 4.04. The van der Waals surface area contributed by atoms with E-state index in [4.69, 9.17) is 4.74 Å². The SMILES string of the molecule is CCOc1ccccc1NC(=O)NC(C(=O)Nc1nnc(-c2ccc(Br)cc2)s1)C(C)CC. The summed E-state index contributed by atoms with van der Waals surface area (Å²) in [7, 11) is 0. The fourth-order valence-electron chi connectivity index (χ4n) is 3.02. The lowest BCUT2D eigenvalue weighted by atomic mass is 9.98. The van der Waals surface area contributed by atoms with Crippen molar-refractivity contribution in [3.8, 4) is 16.3 Å². The Hall–Kier alpha value is -2.98. The van der Waals surface area contributed by atoms with Gasteiger partial charge in [-0.1, -0.05) is 71.8 Å². The number of aromatic nitrogens is 2. The van der Waals surface area contributed by atoms with Crippen LogP contribution in [0.1, 0.15) is 27.2 Å². The van der Waals surface area contributed by atoms with Crippen LogP contribution in [0.25, 0.3) is 10.6 Å². The third kappa shape index (κ3) is 6.75. The minimum atomic E-state index is -0.755. The molecule has 0 radical (unpaired) electrons. The summed E-state index contributed by atoms with van der Waals surface area (Å²) in [5, 5.41) is 17.6. The van der Waals surface area contributed by atoms with E-state index in [9.17, 15) is 9.59 Å². The van der Waals surface area contributed by atoms with Crippen molar-refractivity contribution in [1.29, 1.82) is 0 Å². The van der Waals surface area contributed by atoms with Crippen molar-refractivity contribution in [3.05, 3.63) is 53.0 Å². The van der Waals surface area contributed by atoms with Gasteiger partial charge in [-0.2, -0.15) is 0 Å². The van der Waals surface area contributed by atoms with Gasteiger partial charge in [0.05, 0.1) is 12.3 Å². The maximum Gasteiger partial charge on any atom is 0.320 e. The van der Waals surface area contributed by atoms with Crippen molar-refractivity contribution in [2.45, 2.75) is 33.2 Å². The molecule has 0 aliphatic rings. The summed E-state index contributed by atoms with van der Waals surface area (Å²) in [6, 6.07) is 13.6. The summed E-state index contributed by atoms with van der Waals surface area (Å²) in [6.07, 6.45) is 0.703. The Bertz CT molecular complexity index is 1090. The number of hydrogen-bond acceptors (Lipinski definition) is 6. The lowest BCUT2D eigenvalue weighted by molar-refractivity contribution is -0.119. The van der Waals surface area contributed by atoms with Crippen molar-refractivity contribution >= 4 is 50.0 Å². The molecule has 0 bridgehead atoms. The molecule has 2 aromatic carbocycles. The number of urea groups is 1. The van der Waals surface area contributed by atoms with Crippen molar-refractivity contribution in [1.82, 2.24) is 15.5 Å². The van der Waals surface area contributed by atoms with Crippen LogP contribution in [0, 0.1) is 5.92 Å². The second-order valence-electron chi connectivity index (χ2n) is 7.30. The fraction of sp³-hybridized carbons (Fsp3) is 0.304. The quantitative estimate of drug-likeness (QED) is 0.336. The summed E-state index contributed by atoms with van der Waals surface area (Å²) in [6.45, 7) is 6.22. The van der Waals surface area contributed by atoms with Gasteiger partial charge in [-0.05, 0) is 37.1 Å². The Morgan fingerprint density at radius 1 is 1.06 bits per heavy atom. The molecule has 0 saturated heterocycles. The van der Waals surface area contributed by atoms with E-state index in [-0.39, 0.29) is 11.8 Å². The molecule has 3 aromatic rings. The number of ether oxygens (including phenoxy) is 1. The summed E-state index contributed by atoms with van der Waals surface area (Å²) < 4.78 is 6.51. The highest BCUT2D eigenvalue weighted by molar-refractivity contribution is 9.10. The van der Waals surface area contributed by atoms with E-state index in [1.807, 2.05) is 51.1 Å². The Morgan fingerprint density at radius 3 is 2.48 bits per heavy atom. The van der Waals surface area contributed by atoms with Crippen LogP contribution in [-0.4, -0.2) is 34.8 Å². The number of amides is 3. The molecule has 1 aromatic heterocycles. The molecular formula is C23H26BrN5O3S. The average molecular weight is 532 g/mol. The number of rotatable bonds is 9. The van der Waals surface area contributed by atoms with Crippen molar-refractivity contribution in [2.75, 3.05) is 17.2 Å². The third-order valence-corrected chi connectivity index (χ3v) is 6.38. The smallest absolute Gasteiger partial charge is 0.320 e. The van der Waals surface area contributed by atoms with Crippen molar-refractivity contribution in [3.63, 3.8) is 0 Å². The third-order valence-electron chi connectivity index (χ3n) is 4.96. The largest absolute Gasteiger partial charge is 0.492 e. The van der Waals surface area contributed by atoms with Gasteiger partial charge in [-0.15, -0.1) is 10.2 Å². The molecular weight excluding hydrogens is 506 g/mol. The molecule has 1 heterocycles. The molecule has 3 amide bonds. The predicted molar refractivity (Wildman–Crippen MR) is 135 cm³/mol. The monoisotopic (exact) mass is 531 g/mol. The first-order valence-electron chi connectivity index (χ1n) is 10.6. The van der Waals surface area contributed by atoms with Crippen molar-refractivity contribution < 1.29 is 14.3 Å². The van der Waals surface area contributed by atoms with E-state index in [1.165, 1.54) is 11.3 Å². The Kier molecular flexibility index (Phi) is 8.79. The van der Waals surface area contributed by atoms with E-state index in [0.717, 1.165) is 10.0 Å². The number of hydrogen-bond donors (Lipinski definition) is 3. The van der Waals surface area contributed by atoms with Gasteiger partial charge in [0.1, 0.15) is 16.8 Å². The average Bonchev–Trinajstić information content (AvgIpc) is 3.27. The number of halogens is 1. The molecule has 174 valence electrons. The van der Waals surface area contributed by atoms with Crippen LogP contribution in [0.15, 0.2) is 53.0 Å². The summed E-state index contributed by atoms with van der Waals surface area (Å²) in [5.74, 6) is 0.113. The zero-order valence-electron chi connectivity index (χ0n) is 18.6. The number of nitrogens with zero attached hydrogens (tertiary/aromatic N) is 2. The summed E-state index contributed by atoms with van der Waals surface area (Å²) >= 11 is 4.68. The molecule has 0 saturated carbocycles. The highest BCUT2D eigenvalue weighted by atomic mass is 79.9. The number of carbonyl (C=O) groups is 2. The molecule has 3 N–H and O–H groups in total. The van der Waals surface area contributed by atoms with Gasteiger partial charge < -0.3 is 15.4 Å². The molecule has 3 rings (SSSR count). The van der Waals surface area contributed by atoms with Crippen LogP contribution < -0.4 is 20.7 Å². The number of anilines is 2. The molecule has 2 atom stereocenters. The zero-order valence-corrected chi connectivity index (χ0v) is 21.0. The summed E-state index contributed by atoms with van der Waals surface area (Å²) in [5.41, 5.74) is 1.43. The molecule has 0 spiro atoms. The number of carbonyl (C=O) groups excluding carboxylic acids is 2. The van der Waals surface area contributed by atoms with E-state index in [0.29, 0.717) is 34.6 Å². The first-order chi connectivity index (χ1) is 15.9. The molecule has 0 fully saturated rings. The summed E-state index contributed by atoms with van der Waals surface area (Å²) in [4.78, 5) is 25.7. The highest BCUT2D eigenvalue weighted by Gasteiger charge is 2.27. The van der Waals surface area contributed by atoms with Crippen LogP contribution in [0.4, 0.5) is 15.6 Å². The van der Waals surface area contributed by atoms with Gasteiger partial charge in [0.2, 0.25) is 11.0 Å². The topological polar surface area (TPSA) is 105 Å². The van der Waals surface area contributed by atoms with Gasteiger partial charge in [0.25, 0.3) is 0 Å². The zero-order chi connectivity index (χ0) is 23.8. The Labute approximate surface area is 205 Å². The molecule has 2 unspecified atom stereocenters. The van der Waals surface area contributed by atoms with E-state index in [2.05, 4.69) is 42.1 Å². The standard InChI is InChI=1S/C23H26BrN5O3S/c1-4-14(3)19(26-22(31)25-17-8-6-7-9-18(17)32-5-2)20(30)27-23-29-28-21(33-23)15-10-12-16(24)13-11-15/h6-14,19H,4-5H2,1-3H3,(H2,25,26,31)(H,27,29,30). The molecule has 0 aliphatic heterocycles. The minimum Gasteiger partial charge on any atom is -0.492 e. The molecule has 10 heteroatoms. The number of nitrogens with one attached hydrogen (secondary N) is 3. The first-order valence-corrected chi connectivity index (χ1v) is 12.2. The second kappa shape index (κ2) is 11.8. The van der Waals surface area contributed by atoms with Gasteiger partial charge in [-0.25, -0.2) is 4.79 Å². The van der Waals surface area contributed by atoms with E-state index < -0.39 is 12.1 Å². The first kappa shape index (κ1) is 24.7. The Balaban J connectivity index is 1.68. The normalized spacial score (nSPS) is 12.5. The lowest BCUT2D eigenvalue weighted by Crippen LogP contribution is -2.49. The highest BCUT2D eigenvalue weighted by Crippen LogP contribution is 2.28. The van der Waals surface area contributed by atoms with Crippen LogP contribution in [-0.2, 0) is 4.79 Å². The number of para-hydroxylation sites is 2. The van der Waals surface area contributed by atoms with Gasteiger partial charge in [0.15, 0.2) is 0 Å². The van der Waals surface area contributed by atoms with E-state index >= 15 is 0 Å². The van der Waals surface area contributed by atoms with Gasteiger partial charge >= 0.3 is 6.03 Å². The van der Waals surface area contributed by atoms with Gasteiger partial charge in [0, 0.05) is 10.0 Å². The van der Waals surface area contributed by atoms with Crippen LogP contribution >= 0.6 is 27.3 Å². The minimum absolute atomic E-state index is 0.100. The second-order valence-corrected chi connectivity index (χ2v) is 9.19. The maximum absolute atomic E-state index is 13.0. The molecule has 8 nitrogen and oxygen atoms in total. The molecule has 33 heavy (non-hydrogen) atoms. The number of benzene rings is 2. The molecule has 0 aliphatic carbocycles.